The number of aliphatic imine (C=N–C) groups is 1. The van der Waals surface area contributed by atoms with Gasteiger partial charge in [0.1, 0.15) is 0 Å². The van der Waals surface area contributed by atoms with Crippen molar-refractivity contribution < 1.29 is 9.47 Å². The second-order valence-electron chi connectivity index (χ2n) is 6.85. The Balaban J connectivity index is 1.73. The smallest absolute Gasteiger partial charge is 0.191 e. The van der Waals surface area contributed by atoms with Crippen LogP contribution in [0.25, 0.3) is 0 Å². The van der Waals surface area contributed by atoms with E-state index in [0.717, 1.165) is 45.2 Å². The van der Waals surface area contributed by atoms with Crippen LogP contribution in [-0.2, 0) is 9.47 Å². The van der Waals surface area contributed by atoms with Crippen LogP contribution in [0.15, 0.2) is 4.99 Å². The Hall–Kier alpha value is -0.850. The van der Waals surface area contributed by atoms with Crippen molar-refractivity contribution in [1.82, 2.24) is 15.5 Å². The first-order chi connectivity index (χ1) is 11.2. The van der Waals surface area contributed by atoms with Crippen LogP contribution in [0.4, 0.5) is 0 Å². The number of guanidine groups is 1. The number of likely N-dealkylation sites (tertiary alicyclic amines) is 1. The highest BCUT2D eigenvalue weighted by Gasteiger charge is 2.18. The van der Waals surface area contributed by atoms with Crippen molar-refractivity contribution in [3.8, 4) is 0 Å². The van der Waals surface area contributed by atoms with E-state index in [4.69, 9.17) is 14.5 Å². The summed E-state index contributed by atoms with van der Waals surface area (Å²) in [5.74, 6) is 1.57. The van der Waals surface area contributed by atoms with Crippen molar-refractivity contribution >= 4 is 5.96 Å². The molecule has 0 aromatic carbocycles. The largest absolute Gasteiger partial charge is 0.379 e. The topological polar surface area (TPSA) is 58.1 Å². The zero-order valence-corrected chi connectivity index (χ0v) is 15.0. The fraction of sp³-hybridized carbons (Fsp3) is 0.941. The van der Waals surface area contributed by atoms with Gasteiger partial charge >= 0.3 is 0 Å². The lowest BCUT2D eigenvalue weighted by molar-refractivity contribution is 0.0347. The zero-order valence-electron chi connectivity index (χ0n) is 15.0. The standard InChI is InChI=1S/C17H34N4O2/c1-4-18-17(19-10-15-6-5-8-21(3)11-15)20-14(2)12-23-16-7-9-22-13-16/h14-16H,4-13H2,1-3H3,(H2,18,19,20). The van der Waals surface area contributed by atoms with Gasteiger partial charge in [0.25, 0.3) is 0 Å². The minimum absolute atomic E-state index is 0.238. The van der Waals surface area contributed by atoms with Gasteiger partial charge in [-0.25, -0.2) is 0 Å². The Morgan fingerprint density at radius 1 is 1.43 bits per heavy atom. The summed E-state index contributed by atoms with van der Waals surface area (Å²) in [6.45, 7) is 10.6. The molecule has 0 aliphatic carbocycles. The van der Waals surface area contributed by atoms with Crippen molar-refractivity contribution in [2.24, 2.45) is 10.9 Å². The molecule has 2 aliphatic heterocycles. The Labute approximate surface area is 141 Å². The summed E-state index contributed by atoms with van der Waals surface area (Å²) >= 11 is 0. The molecule has 6 nitrogen and oxygen atoms in total. The maximum Gasteiger partial charge on any atom is 0.191 e. The molecule has 0 radical (unpaired) electrons. The number of hydrogen-bond donors (Lipinski definition) is 2. The molecule has 0 aromatic rings. The predicted octanol–water partition coefficient (Wildman–Crippen LogP) is 1.08. The number of nitrogens with zero attached hydrogens (tertiary/aromatic N) is 2. The summed E-state index contributed by atoms with van der Waals surface area (Å²) in [5, 5.41) is 6.79. The van der Waals surface area contributed by atoms with Gasteiger partial charge in [-0.3, -0.25) is 4.99 Å². The van der Waals surface area contributed by atoms with Gasteiger partial charge in [0.05, 0.1) is 19.3 Å². The molecule has 134 valence electrons. The molecule has 6 heteroatoms. The van der Waals surface area contributed by atoms with Crippen LogP contribution in [0, 0.1) is 5.92 Å². The number of ether oxygens (including phenoxy) is 2. The third kappa shape index (κ3) is 7.06. The van der Waals surface area contributed by atoms with Gasteiger partial charge < -0.3 is 25.0 Å². The second-order valence-corrected chi connectivity index (χ2v) is 6.85. The average molecular weight is 326 g/mol. The van der Waals surface area contributed by atoms with Gasteiger partial charge in [-0.05, 0) is 52.6 Å². The van der Waals surface area contributed by atoms with E-state index in [2.05, 4.69) is 36.4 Å². The first kappa shape index (κ1) is 18.5. The van der Waals surface area contributed by atoms with Crippen LogP contribution < -0.4 is 10.6 Å². The van der Waals surface area contributed by atoms with Crippen LogP contribution in [0.5, 0.6) is 0 Å². The molecule has 2 aliphatic rings. The number of piperidine rings is 1. The van der Waals surface area contributed by atoms with E-state index < -0.39 is 0 Å². The maximum atomic E-state index is 5.88. The van der Waals surface area contributed by atoms with Gasteiger partial charge in [0, 0.05) is 32.3 Å². The number of hydrogen-bond acceptors (Lipinski definition) is 4. The first-order valence-corrected chi connectivity index (χ1v) is 9.10. The average Bonchev–Trinajstić information content (AvgIpc) is 3.04. The molecule has 2 fully saturated rings. The third-order valence-electron chi connectivity index (χ3n) is 4.43. The van der Waals surface area contributed by atoms with Crippen molar-refractivity contribution in [3.63, 3.8) is 0 Å². The predicted molar refractivity (Wildman–Crippen MR) is 94.0 cm³/mol. The lowest BCUT2D eigenvalue weighted by atomic mass is 9.99. The molecule has 23 heavy (non-hydrogen) atoms. The third-order valence-corrected chi connectivity index (χ3v) is 4.43. The maximum absolute atomic E-state index is 5.88. The lowest BCUT2D eigenvalue weighted by Gasteiger charge is -2.29. The van der Waals surface area contributed by atoms with E-state index in [1.54, 1.807) is 0 Å². The summed E-state index contributed by atoms with van der Waals surface area (Å²) < 4.78 is 11.2. The van der Waals surface area contributed by atoms with Crippen molar-refractivity contribution in [1.29, 1.82) is 0 Å². The summed E-state index contributed by atoms with van der Waals surface area (Å²) in [7, 11) is 2.20. The van der Waals surface area contributed by atoms with Crippen LogP contribution in [0.1, 0.15) is 33.1 Å². The lowest BCUT2D eigenvalue weighted by Crippen LogP contribution is -2.45. The number of nitrogens with one attached hydrogen (secondary N) is 2. The minimum atomic E-state index is 0.238. The zero-order chi connectivity index (χ0) is 16.5. The molecule has 0 spiro atoms. The molecule has 2 rings (SSSR count). The van der Waals surface area contributed by atoms with Gasteiger partial charge in [-0.15, -0.1) is 0 Å². The molecule has 2 saturated heterocycles. The van der Waals surface area contributed by atoms with Crippen LogP contribution in [-0.4, -0.2) is 76.1 Å². The summed E-state index contributed by atoms with van der Waals surface area (Å²) in [5.41, 5.74) is 0. The van der Waals surface area contributed by atoms with E-state index in [1.807, 2.05) is 0 Å². The Morgan fingerprint density at radius 3 is 3.00 bits per heavy atom. The molecule has 2 N–H and O–H groups in total. The number of rotatable bonds is 7. The van der Waals surface area contributed by atoms with Crippen molar-refractivity contribution in [2.75, 3.05) is 53.0 Å². The molecule has 3 unspecified atom stereocenters. The molecule has 0 aromatic heterocycles. The Morgan fingerprint density at radius 2 is 2.30 bits per heavy atom. The fourth-order valence-corrected chi connectivity index (χ4v) is 3.16. The van der Waals surface area contributed by atoms with E-state index in [0.29, 0.717) is 12.5 Å². The first-order valence-electron chi connectivity index (χ1n) is 9.10. The molecule has 2 heterocycles. The van der Waals surface area contributed by atoms with E-state index in [9.17, 15) is 0 Å². The van der Waals surface area contributed by atoms with Gasteiger partial charge in [-0.1, -0.05) is 0 Å². The van der Waals surface area contributed by atoms with Crippen LogP contribution in [0.3, 0.4) is 0 Å². The van der Waals surface area contributed by atoms with E-state index in [-0.39, 0.29) is 12.1 Å². The Bertz CT molecular complexity index is 359. The molecule has 0 amide bonds. The summed E-state index contributed by atoms with van der Waals surface area (Å²) in [4.78, 5) is 7.19. The quantitative estimate of drug-likeness (QED) is 0.541. The highest BCUT2D eigenvalue weighted by molar-refractivity contribution is 5.80. The summed E-state index contributed by atoms with van der Waals surface area (Å²) in [6.07, 6.45) is 3.84. The molecule has 0 bridgehead atoms. The van der Waals surface area contributed by atoms with Gasteiger partial charge in [0.2, 0.25) is 0 Å². The second kappa shape index (κ2) is 10.1. The minimum Gasteiger partial charge on any atom is -0.379 e. The van der Waals surface area contributed by atoms with Crippen LogP contribution in [0.2, 0.25) is 0 Å². The van der Waals surface area contributed by atoms with E-state index in [1.165, 1.54) is 19.4 Å². The van der Waals surface area contributed by atoms with Gasteiger partial charge in [0.15, 0.2) is 5.96 Å². The fourth-order valence-electron chi connectivity index (χ4n) is 3.16. The molecule has 0 saturated carbocycles. The van der Waals surface area contributed by atoms with Crippen LogP contribution >= 0.6 is 0 Å². The highest BCUT2D eigenvalue weighted by Crippen LogP contribution is 2.15. The molecule has 3 atom stereocenters. The van der Waals surface area contributed by atoms with Gasteiger partial charge in [-0.2, -0.15) is 0 Å². The van der Waals surface area contributed by atoms with E-state index >= 15 is 0 Å². The summed E-state index contributed by atoms with van der Waals surface area (Å²) in [6, 6.07) is 0.238. The normalized spacial score (nSPS) is 27.9. The van der Waals surface area contributed by atoms with Crippen molar-refractivity contribution in [3.05, 3.63) is 0 Å². The highest BCUT2D eigenvalue weighted by atomic mass is 16.5. The SMILES string of the molecule is CCNC(=NCC1CCCN(C)C1)NC(C)COC1CCOC1. The monoisotopic (exact) mass is 326 g/mol. The molecular weight excluding hydrogens is 292 g/mol. The van der Waals surface area contributed by atoms with Crippen molar-refractivity contribution in [2.45, 2.75) is 45.3 Å². The molecular formula is C17H34N4O2. The Kier molecular flexibility index (Phi) is 8.12.